The predicted molar refractivity (Wildman–Crippen MR) is 112 cm³/mol. The van der Waals surface area contributed by atoms with Gasteiger partial charge in [0.2, 0.25) is 5.95 Å². The molecule has 28 heavy (non-hydrogen) atoms. The molecule has 0 spiro atoms. The van der Waals surface area contributed by atoms with E-state index in [-0.39, 0.29) is 11.8 Å². The lowest BCUT2D eigenvalue weighted by molar-refractivity contribution is 0.101. The smallest absolute Gasteiger partial charge is 0.265 e. The summed E-state index contributed by atoms with van der Waals surface area (Å²) in [5.41, 5.74) is 2.51. The van der Waals surface area contributed by atoms with Gasteiger partial charge >= 0.3 is 0 Å². The zero-order valence-electron chi connectivity index (χ0n) is 14.8. The molecule has 0 saturated carbocycles. The lowest BCUT2D eigenvalue weighted by Gasteiger charge is -2.08. The first kappa shape index (κ1) is 18.2. The number of hydrogen-bond acceptors (Lipinski definition) is 4. The first-order valence-corrected chi connectivity index (χ1v) is 9.65. The van der Waals surface area contributed by atoms with E-state index in [4.69, 9.17) is 11.6 Å². The van der Waals surface area contributed by atoms with Crippen LogP contribution in [0.1, 0.15) is 20.0 Å². The lowest BCUT2D eigenvalue weighted by Crippen LogP contribution is -2.16. The number of anilines is 2. The van der Waals surface area contributed by atoms with Gasteiger partial charge in [-0.15, -0.1) is 11.3 Å². The Bertz CT molecular complexity index is 1180. The van der Waals surface area contributed by atoms with E-state index in [1.807, 2.05) is 24.6 Å². The molecular formula is C20H15ClN4O2S. The van der Waals surface area contributed by atoms with Gasteiger partial charge in [-0.1, -0.05) is 23.7 Å². The van der Waals surface area contributed by atoms with Crippen molar-refractivity contribution in [2.24, 2.45) is 7.05 Å². The van der Waals surface area contributed by atoms with E-state index in [9.17, 15) is 9.59 Å². The molecule has 6 nitrogen and oxygen atoms in total. The number of rotatable bonds is 4. The van der Waals surface area contributed by atoms with E-state index in [2.05, 4.69) is 15.6 Å². The number of aromatic nitrogens is 2. The highest BCUT2D eigenvalue weighted by Gasteiger charge is 2.14. The van der Waals surface area contributed by atoms with E-state index in [1.165, 1.54) is 11.3 Å². The summed E-state index contributed by atoms with van der Waals surface area (Å²) >= 11 is 7.36. The number of benzene rings is 2. The number of carbonyl (C=O) groups excluding carboxylic acids is 2. The van der Waals surface area contributed by atoms with Gasteiger partial charge in [-0.25, -0.2) is 4.98 Å². The van der Waals surface area contributed by atoms with Crippen molar-refractivity contribution in [1.29, 1.82) is 0 Å². The van der Waals surface area contributed by atoms with Crippen LogP contribution < -0.4 is 10.6 Å². The van der Waals surface area contributed by atoms with Gasteiger partial charge in [0.15, 0.2) is 0 Å². The molecule has 0 radical (unpaired) electrons. The van der Waals surface area contributed by atoms with Crippen molar-refractivity contribution in [3.05, 3.63) is 75.4 Å². The molecule has 0 atom stereocenters. The number of imidazole rings is 1. The van der Waals surface area contributed by atoms with Crippen LogP contribution in [0.3, 0.4) is 0 Å². The van der Waals surface area contributed by atoms with Gasteiger partial charge in [-0.05, 0) is 47.8 Å². The van der Waals surface area contributed by atoms with Crippen molar-refractivity contribution in [1.82, 2.24) is 9.55 Å². The zero-order valence-corrected chi connectivity index (χ0v) is 16.3. The molecule has 0 unspecified atom stereocenters. The summed E-state index contributed by atoms with van der Waals surface area (Å²) in [6, 6.07) is 15.7. The minimum absolute atomic E-state index is 0.209. The fourth-order valence-electron chi connectivity index (χ4n) is 2.80. The summed E-state index contributed by atoms with van der Waals surface area (Å²) in [4.78, 5) is 29.9. The molecule has 0 bridgehead atoms. The molecular weight excluding hydrogens is 396 g/mol. The van der Waals surface area contributed by atoms with Gasteiger partial charge in [0.25, 0.3) is 11.8 Å². The Morgan fingerprint density at radius 1 is 1.04 bits per heavy atom. The van der Waals surface area contributed by atoms with Gasteiger partial charge in [0.1, 0.15) is 0 Å². The van der Waals surface area contributed by atoms with Gasteiger partial charge < -0.3 is 9.88 Å². The molecule has 0 fully saturated rings. The molecule has 8 heteroatoms. The number of carbonyl (C=O) groups is 2. The molecule has 4 aromatic rings. The van der Waals surface area contributed by atoms with Crippen molar-refractivity contribution in [2.75, 3.05) is 10.6 Å². The Hall–Kier alpha value is -3.16. The number of thiophene rings is 1. The lowest BCUT2D eigenvalue weighted by atomic mass is 10.2. The normalized spacial score (nSPS) is 10.8. The quantitative estimate of drug-likeness (QED) is 0.507. The Morgan fingerprint density at radius 3 is 2.68 bits per heavy atom. The highest BCUT2D eigenvalue weighted by molar-refractivity contribution is 7.12. The fourth-order valence-corrected chi connectivity index (χ4v) is 3.58. The second-order valence-electron chi connectivity index (χ2n) is 6.09. The standard InChI is InChI=1S/C20H15ClN4O2S/c1-25-16-8-7-13(21)11-15(16)23-20(25)24-18(26)12-4-2-5-14(10-12)22-19(27)17-6-3-9-28-17/h2-11H,1H3,(H,22,27)(H,23,24,26). The number of hydrogen-bond donors (Lipinski definition) is 2. The number of fused-ring (bicyclic) bond motifs is 1. The third-order valence-electron chi connectivity index (χ3n) is 4.20. The first-order valence-electron chi connectivity index (χ1n) is 8.39. The van der Waals surface area contributed by atoms with Crippen molar-refractivity contribution in [3.63, 3.8) is 0 Å². The van der Waals surface area contributed by atoms with E-state index < -0.39 is 0 Å². The second kappa shape index (κ2) is 7.46. The van der Waals surface area contributed by atoms with E-state index >= 15 is 0 Å². The van der Waals surface area contributed by atoms with Gasteiger partial charge in [-0.3, -0.25) is 14.9 Å². The molecule has 2 heterocycles. The van der Waals surface area contributed by atoms with Crippen LogP contribution in [-0.2, 0) is 7.05 Å². The van der Waals surface area contributed by atoms with Crippen LogP contribution in [0.15, 0.2) is 60.0 Å². The minimum Gasteiger partial charge on any atom is -0.321 e. The van der Waals surface area contributed by atoms with Crippen molar-refractivity contribution < 1.29 is 9.59 Å². The van der Waals surface area contributed by atoms with Gasteiger partial charge in [0, 0.05) is 23.3 Å². The number of halogens is 1. The maximum atomic E-state index is 12.7. The minimum atomic E-state index is -0.322. The molecule has 0 aliphatic heterocycles. The second-order valence-corrected chi connectivity index (χ2v) is 7.48. The average Bonchev–Trinajstić information content (AvgIpc) is 3.31. The summed E-state index contributed by atoms with van der Waals surface area (Å²) < 4.78 is 1.78. The fraction of sp³-hybridized carbons (Fsp3) is 0.0500. The summed E-state index contributed by atoms with van der Waals surface area (Å²) in [5, 5.41) is 8.02. The van der Waals surface area contributed by atoms with E-state index in [0.29, 0.717) is 32.6 Å². The Kier molecular flexibility index (Phi) is 4.85. The van der Waals surface area contributed by atoms with E-state index in [1.54, 1.807) is 47.0 Å². The molecule has 140 valence electrons. The summed E-state index contributed by atoms with van der Waals surface area (Å²) in [5.74, 6) is -0.119. The maximum Gasteiger partial charge on any atom is 0.265 e. The monoisotopic (exact) mass is 410 g/mol. The Morgan fingerprint density at radius 2 is 1.89 bits per heavy atom. The highest BCUT2D eigenvalue weighted by Crippen LogP contribution is 2.22. The van der Waals surface area contributed by atoms with Gasteiger partial charge in [-0.2, -0.15) is 0 Å². The van der Waals surface area contributed by atoms with Crippen molar-refractivity contribution >= 4 is 57.4 Å². The number of amides is 2. The summed E-state index contributed by atoms with van der Waals surface area (Å²) in [7, 11) is 1.82. The molecule has 0 aliphatic carbocycles. The van der Waals surface area contributed by atoms with Crippen LogP contribution in [0, 0.1) is 0 Å². The zero-order chi connectivity index (χ0) is 19.7. The molecule has 2 aromatic heterocycles. The predicted octanol–water partition coefficient (Wildman–Crippen LogP) is 4.79. The van der Waals surface area contributed by atoms with Crippen LogP contribution in [0.25, 0.3) is 11.0 Å². The topological polar surface area (TPSA) is 76.0 Å². The third-order valence-corrected chi connectivity index (χ3v) is 5.30. The molecule has 0 saturated heterocycles. The van der Waals surface area contributed by atoms with Crippen LogP contribution in [0.2, 0.25) is 5.02 Å². The molecule has 2 aromatic carbocycles. The summed E-state index contributed by atoms with van der Waals surface area (Å²) in [6.07, 6.45) is 0. The van der Waals surface area contributed by atoms with Crippen LogP contribution in [-0.4, -0.2) is 21.4 Å². The molecule has 0 aliphatic rings. The Balaban J connectivity index is 1.54. The van der Waals surface area contributed by atoms with Crippen molar-refractivity contribution in [2.45, 2.75) is 0 Å². The summed E-state index contributed by atoms with van der Waals surface area (Å²) in [6.45, 7) is 0. The average molecular weight is 411 g/mol. The molecule has 2 amide bonds. The SMILES string of the molecule is Cn1c(NC(=O)c2cccc(NC(=O)c3cccs3)c2)nc2cc(Cl)ccc21. The van der Waals surface area contributed by atoms with Gasteiger partial charge in [0.05, 0.1) is 15.9 Å². The number of nitrogens with zero attached hydrogens (tertiary/aromatic N) is 2. The van der Waals surface area contributed by atoms with Crippen molar-refractivity contribution in [3.8, 4) is 0 Å². The first-order chi connectivity index (χ1) is 13.5. The van der Waals surface area contributed by atoms with Crippen LogP contribution in [0.4, 0.5) is 11.6 Å². The largest absolute Gasteiger partial charge is 0.321 e. The number of nitrogens with one attached hydrogen (secondary N) is 2. The molecule has 2 N–H and O–H groups in total. The van der Waals surface area contributed by atoms with Crippen LogP contribution in [0.5, 0.6) is 0 Å². The van der Waals surface area contributed by atoms with Crippen LogP contribution >= 0.6 is 22.9 Å². The van der Waals surface area contributed by atoms with E-state index in [0.717, 1.165) is 5.52 Å². The highest BCUT2D eigenvalue weighted by atomic mass is 35.5. The number of aryl methyl sites for hydroxylation is 1. The third kappa shape index (κ3) is 3.62. The maximum absolute atomic E-state index is 12.7. The molecule has 4 rings (SSSR count). The Labute approximate surface area is 169 Å².